The van der Waals surface area contributed by atoms with Crippen LogP contribution < -0.4 is 0 Å². The van der Waals surface area contributed by atoms with Gasteiger partial charge >= 0.3 is 0 Å². The zero-order chi connectivity index (χ0) is 26.1. The summed E-state index contributed by atoms with van der Waals surface area (Å²) in [5.74, 6) is 0. The highest BCUT2D eigenvalue weighted by molar-refractivity contribution is 6.03. The topological polar surface area (TPSA) is 25.8 Å². The molecule has 0 aliphatic rings. The van der Waals surface area contributed by atoms with E-state index in [0.29, 0.717) is 0 Å². The van der Waals surface area contributed by atoms with Crippen LogP contribution in [0.2, 0.25) is 0 Å². The average Bonchev–Trinajstić information content (AvgIpc) is 3.03. The van der Waals surface area contributed by atoms with Gasteiger partial charge in [0.25, 0.3) is 0 Å². The maximum atomic E-state index is 5.27. The molecule has 7 aromatic rings. The number of fused-ring (bicyclic) bond motifs is 3. The van der Waals surface area contributed by atoms with Crippen LogP contribution in [-0.4, -0.2) is 9.97 Å². The normalized spacial score (nSPS) is 11.6. The lowest BCUT2D eigenvalue weighted by Gasteiger charge is -2.38. The Hall–Kier alpha value is -5.08. The molecule has 0 saturated carbocycles. The highest BCUT2D eigenvalue weighted by Gasteiger charge is 2.40. The minimum Gasteiger partial charge on any atom is -0.254 e. The van der Waals surface area contributed by atoms with Crippen molar-refractivity contribution in [1.29, 1.82) is 0 Å². The van der Waals surface area contributed by atoms with Crippen LogP contribution in [0.3, 0.4) is 0 Å². The molecule has 184 valence electrons. The first-order valence-electron chi connectivity index (χ1n) is 13.3. The standard InChI is InChI=1S/C37H26N2/c1-4-14-29(15-5-1)37(30-16-6-2-7-17-30,31-18-8-3-9-19-31)33-21-11-10-20-32(33)34-25-24-28-23-22-27-13-12-26-38-35(27)36(28)39-34/h1-26H. The first-order valence-corrected chi connectivity index (χ1v) is 13.3. The largest absolute Gasteiger partial charge is 0.254 e. The second kappa shape index (κ2) is 9.66. The van der Waals surface area contributed by atoms with Gasteiger partial charge in [0.05, 0.1) is 22.1 Å². The maximum Gasteiger partial charge on any atom is 0.0972 e. The Morgan fingerprint density at radius 2 is 0.923 bits per heavy atom. The lowest BCUT2D eigenvalue weighted by molar-refractivity contribution is 0.746. The summed E-state index contributed by atoms with van der Waals surface area (Å²) in [7, 11) is 0. The van der Waals surface area contributed by atoms with E-state index in [-0.39, 0.29) is 0 Å². The number of nitrogens with zero attached hydrogens (tertiary/aromatic N) is 2. The summed E-state index contributed by atoms with van der Waals surface area (Å²) in [5, 5.41) is 2.18. The van der Waals surface area contributed by atoms with Crippen LogP contribution in [0, 0.1) is 0 Å². The number of pyridine rings is 2. The summed E-state index contributed by atoms with van der Waals surface area (Å²) in [5.41, 5.74) is 8.16. The molecule has 2 heteroatoms. The van der Waals surface area contributed by atoms with Crippen LogP contribution in [0.1, 0.15) is 22.3 Å². The van der Waals surface area contributed by atoms with Gasteiger partial charge in [0.15, 0.2) is 0 Å². The van der Waals surface area contributed by atoms with Gasteiger partial charge < -0.3 is 0 Å². The van der Waals surface area contributed by atoms with Crippen molar-refractivity contribution in [1.82, 2.24) is 9.97 Å². The zero-order valence-electron chi connectivity index (χ0n) is 21.4. The Morgan fingerprint density at radius 1 is 0.410 bits per heavy atom. The monoisotopic (exact) mass is 498 g/mol. The average molecular weight is 499 g/mol. The summed E-state index contributed by atoms with van der Waals surface area (Å²) in [6.45, 7) is 0. The SMILES string of the molecule is c1ccc(C(c2ccccc2)(c2ccccc2)c2ccccc2-c2ccc3ccc4cccnc4c3n2)cc1. The van der Waals surface area contributed by atoms with Crippen LogP contribution in [0.4, 0.5) is 0 Å². The van der Waals surface area contributed by atoms with Crippen LogP contribution >= 0.6 is 0 Å². The summed E-state index contributed by atoms with van der Waals surface area (Å²) >= 11 is 0. The van der Waals surface area contributed by atoms with E-state index in [1.807, 2.05) is 12.3 Å². The summed E-state index contributed by atoms with van der Waals surface area (Å²) in [4.78, 5) is 9.96. The molecular formula is C37H26N2. The maximum absolute atomic E-state index is 5.27. The van der Waals surface area contributed by atoms with Crippen molar-refractivity contribution in [2.45, 2.75) is 5.41 Å². The second-order valence-electron chi connectivity index (χ2n) is 9.80. The summed E-state index contributed by atoms with van der Waals surface area (Å²) in [6, 6.07) is 53.8. The third kappa shape index (κ3) is 3.81. The summed E-state index contributed by atoms with van der Waals surface area (Å²) < 4.78 is 0. The molecule has 0 atom stereocenters. The van der Waals surface area contributed by atoms with Gasteiger partial charge in [0, 0.05) is 22.5 Å². The Bertz CT molecular complexity index is 1800. The van der Waals surface area contributed by atoms with Crippen LogP contribution in [-0.2, 0) is 5.41 Å². The Morgan fingerprint density at radius 3 is 1.54 bits per heavy atom. The van der Waals surface area contributed by atoms with Crippen molar-refractivity contribution in [2.24, 2.45) is 0 Å². The molecule has 0 saturated heterocycles. The molecule has 0 bridgehead atoms. The molecule has 0 unspecified atom stereocenters. The second-order valence-corrected chi connectivity index (χ2v) is 9.80. The Kier molecular flexibility index (Phi) is 5.71. The van der Waals surface area contributed by atoms with Crippen molar-refractivity contribution >= 4 is 21.8 Å². The van der Waals surface area contributed by atoms with Gasteiger partial charge in [0.2, 0.25) is 0 Å². The van der Waals surface area contributed by atoms with E-state index < -0.39 is 5.41 Å². The minimum absolute atomic E-state index is 0.548. The molecule has 0 N–H and O–H groups in total. The summed E-state index contributed by atoms with van der Waals surface area (Å²) in [6.07, 6.45) is 1.84. The molecule has 0 amide bonds. The van der Waals surface area contributed by atoms with Gasteiger partial charge in [-0.1, -0.05) is 140 Å². The van der Waals surface area contributed by atoms with Crippen molar-refractivity contribution in [3.8, 4) is 11.3 Å². The first kappa shape index (κ1) is 23.1. The van der Waals surface area contributed by atoms with E-state index >= 15 is 0 Å². The van der Waals surface area contributed by atoms with Gasteiger partial charge in [-0.25, -0.2) is 4.98 Å². The van der Waals surface area contributed by atoms with Crippen molar-refractivity contribution < 1.29 is 0 Å². The first-order chi connectivity index (χ1) is 19.4. The van der Waals surface area contributed by atoms with E-state index in [4.69, 9.17) is 9.97 Å². The molecule has 2 aromatic heterocycles. The molecular weight excluding hydrogens is 472 g/mol. The quantitative estimate of drug-likeness (QED) is 0.175. The van der Waals surface area contributed by atoms with Gasteiger partial charge in [-0.3, -0.25) is 4.98 Å². The highest BCUT2D eigenvalue weighted by atomic mass is 14.8. The molecule has 0 spiro atoms. The third-order valence-corrected chi connectivity index (χ3v) is 7.66. The fourth-order valence-corrected chi connectivity index (χ4v) is 5.94. The fraction of sp³-hybridized carbons (Fsp3) is 0.0270. The Balaban J connectivity index is 1.58. The molecule has 2 heterocycles. The highest BCUT2D eigenvalue weighted by Crippen LogP contribution is 2.48. The van der Waals surface area contributed by atoms with E-state index in [9.17, 15) is 0 Å². The lowest BCUT2D eigenvalue weighted by atomic mass is 9.64. The predicted molar refractivity (Wildman–Crippen MR) is 161 cm³/mol. The van der Waals surface area contributed by atoms with Crippen LogP contribution in [0.25, 0.3) is 33.1 Å². The van der Waals surface area contributed by atoms with E-state index in [1.54, 1.807) is 0 Å². The number of hydrogen-bond acceptors (Lipinski definition) is 2. The van der Waals surface area contributed by atoms with Gasteiger partial charge in [-0.2, -0.15) is 0 Å². The smallest absolute Gasteiger partial charge is 0.0972 e. The molecule has 0 aliphatic carbocycles. The van der Waals surface area contributed by atoms with Crippen molar-refractivity contribution in [3.05, 3.63) is 180 Å². The van der Waals surface area contributed by atoms with Gasteiger partial charge in [-0.15, -0.1) is 0 Å². The van der Waals surface area contributed by atoms with Crippen LogP contribution in [0.15, 0.2) is 158 Å². The molecule has 39 heavy (non-hydrogen) atoms. The van der Waals surface area contributed by atoms with Crippen molar-refractivity contribution in [3.63, 3.8) is 0 Å². The van der Waals surface area contributed by atoms with Gasteiger partial charge in [0.1, 0.15) is 0 Å². The molecule has 0 radical (unpaired) electrons. The van der Waals surface area contributed by atoms with E-state index in [0.717, 1.165) is 33.1 Å². The number of benzene rings is 5. The van der Waals surface area contributed by atoms with E-state index in [2.05, 4.69) is 146 Å². The van der Waals surface area contributed by atoms with Crippen LogP contribution in [0.5, 0.6) is 0 Å². The lowest BCUT2D eigenvalue weighted by Crippen LogP contribution is -2.31. The fourth-order valence-electron chi connectivity index (χ4n) is 5.94. The van der Waals surface area contributed by atoms with E-state index in [1.165, 1.54) is 22.3 Å². The predicted octanol–water partition coefficient (Wildman–Crippen LogP) is 8.83. The number of hydrogen-bond donors (Lipinski definition) is 0. The van der Waals surface area contributed by atoms with Crippen molar-refractivity contribution in [2.75, 3.05) is 0 Å². The third-order valence-electron chi connectivity index (χ3n) is 7.66. The minimum atomic E-state index is -0.548. The number of aromatic nitrogens is 2. The van der Waals surface area contributed by atoms with Gasteiger partial charge in [-0.05, 0) is 34.4 Å². The molecule has 0 fully saturated rings. The molecule has 5 aromatic carbocycles. The molecule has 7 rings (SSSR count). The Labute approximate surface area is 228 Å². The zero-order valence-corrected chi connectivity index (χ0v) is 21.4. The molecule has 2 nitrogen and oxygen atoms in total. The molecule has 0 aliphatic heterocycles. The number of rotatable bonds is 5.